The average Bonchev–Trinajstić information content (AvgIpc) is 3.07. The van der Waals surface area contributed by atoms with E-state index < -0.39 is 0 Å². The number of hydrogen-bond donors (Lipinski definition) is 1. The fourth-order valence-electron chi connectivity index (χ4n) is 2.52. The number of fused-ring (bicyclic) bond motifs is 1. The summed E-state index contributed by atoms with van der Waals surface area (Å²) in [6.45, 7) is 6.89. The Balaban J connectivity index is 1.77. The van der Waals surface area contributed by atoms with E-state index in [4.69, 9.17) is 0 Å². The lowest BCUT2D eigenvalue weighted by atomic mass is 10.1. The smallest absolute Gasteiger partial charge is 0.233 e. The highest BCUT2D eigenvalue weighted by atomic mass is 32.2. The van der Waals surface area contributed by atoms with Crippen LogP contribution in [0.15, 0.2) is 47.9 Å². The molecule has 2 heterocycles. The number of benzene rings is 1. The standard InChI is InChI=1S/C19H23N5OS/c1-13(2)9-10-20-18(25)14(3)26-19-16-11-23-24(17(16)21-12-22-19)15-7-5-4-6-8-15/h4-8,11-14H,9-10H2,1-3H3,(H,20,25). The summed E-state index contributed by atoms with van der Waals surface area (Å²) in [6.07, 6.45) is 4.26. The highest BCUT2D eigenvalue weighted by molar-refractivity contribution is 8.00. The molecule has 0 aliphatic rings. The van der Waals surface area contributed by atoms with Gasteiger partial charge >= 0.3 is 0 Å². The largest absolute Gasteiger partial charge is 0.355 e. The van der Waals surface area contributed by atoms with Crippen molar-refractivity contribution in [1.82, 2.24) is 25.1 Å². The molecule has 0 saturated carbocycles. The van der Waals surface area contributed by atoms with Gasteiger partial charge in [-0.2, -0.15) is 5.10 Å². The second kappa shape index (κ2) is 8.31. The van der Waals surface area contributed by atoms with Crippen molar-refractivity contribution in [3.05, 3.63) is 42.9 Å². The fraction of sp³-hybridized carbons (Fsp3) is 0.368. The molecule has 1 N–H and O–H groups in total. The maximum atomic E-state index is 12.3. The van der Waals surface area contributed by atoms with Gasteiger partial charge in [0.1, 0.15) is 11.4 Å². The molecule has 26 heavy (non-hydrogen) atoms. The van der Waals surface area contributed by atoms with Crippen LogP contribution in [0.25, 0.3) is 16.7 Å². The maximum absolute atomic E-state index is 12.3. The predicted molar refractivity (Wildman–Crippen MR) is 104 cm³/mol. The molecule has 0 fully saturated rings. The summed E-state index contributed by atoms with van der Waals surface area (Å²) >= 11 is 1.43. The quantitative estimate of drug-likeness (QED) is 0.510. The minimum Gasteiger partial charge on any atom is -0.355 e. The molecule has 2 aromatic heterocycles. The lowest BCUT2D eigenvalue weighted by Crippen LogP contribution is -2.32. The third-order valence-electron chi connectivity index (χ3n) is 4.01. The van der Waals surface area contributed by atoms with Crippen molar-refractivity contribution < 1.29 is 4.79 Å². The summed E-state index contributed by atoms with van der Waals surface area (Å²) in [4.78, 5) is 21.0. The zero-order valence-corrected chi connectivity index (χ0v) is 16.0. The van der Waals surface area contributed by atoms with Crippen LogP contribution in [0.3, 0.4) is 0 Å². The van der Waals surface area contributed by atoms with Crippen LogP contribution < -0.4 is 5.32 Å². The number of amides is 1. The van der Waals surface area contributed by atoms with Crippen molar-refractivity contribution >= 4 is 28.7 Å². The molecule has 136 valence electrons. The van der Waals surface area contributed by atoms with Crippen molar-refractivity contribution in [2.45, 2.75) is 37.5 Å². The van der Waals surface area contributed by atoms with E-state index >= 15 is 0 Å². The molecule has 0 saturated heterocycles. The van der Waals surface area contributed by atoms with Crippen molar-refractivity contribution in [1.29, 1.82) is 0 Å². The molecule has 0 aliphatic heterocycles. The number of nitrogens with zero attached hydrogens (tertiary/aromatic N) is 4. The van der Waals surface area contributed by atoms with Gasteiger partial charge in [0.25, 0.3) is 0 Å². The van der Waals surface area contributed by atoms with E-state index in [-0.39, 0.29) is 11.2 Å². The van der Waals surface area contributed by atoms with E-state index in [9.17, 15) is 4.79 Å². The second-order valence-electron chi connectivity index (χ2n) is 6.54. The first kappa shape index (κ1) is 18.4. The maximum Gasteiger partial charge on any atom is 0.233 e. The highest BCUT2D eigenvalue weighted by Crippen LogP contribution is 2.28. The van der Waals surface area contributed by atoms with Crippen molar-refractivity contribution in [2.24, 2.45) is 5.92 Å². The normalized spacial score (nSPS) is 12.5. The SMILES string of the molecule is CC(C)CCNC(=O)C(C)Sc1ncnc2c1cnn2-c1ccccc1. The van der Waals surface area contributed by atoms with Gasteiger partial charge in [0.2, 0.25) is 5.91 Å². The summed E-state index contributed by atoms with van der Waals surface area (Å²) in [5, 5.41) is 8.82. The molecule has 1 aromatic carbocycles. The topological polar surface area (TPSA) is 72.7 Å². The molecule has 0 aliphatic carbocycles. The molecule has 0 bridgehead atoms. The second-order valence-corrected chi connectivity index (χ2v) is 7.87. The Bertz CT molecular complexity index is 878. The predicted octanol–water partition coefficient (Wildman–Crippen LogP) is 3.46. The van der Waals surface area contributed by atoms with Crippen LogP contribution in [0.2, 0.25) is 0 Å². The van der Waals surface area contributed by atoms with E-state index in [1.165, 1.54) is 18.1 Å². The molecule has 6 nitrogen and oxygen atoms in total. The average molecular weight is 369 g/mol. The Morgan fingerprint density at radius 3 is 2.69 bits per heavy atom. The van der Waals surface area contributed by atoms with Gasteiger partial charge in [-0.3, -0.25) is 4.79 Å². The number of aromatic nitrogens is 4. The number of thioether (sulfide) groups is 1. The van der Waals surface area contributed by atoms with Gasteiger partial charge in [0, 0.05) is 6.54 Å². The number of rotatable bonds is 7. The Kier molecular flexibility index (Phi) is 5.88. The molecule has 3 aromatic rings. The minimum atomic E-state index is -0.236. The zero-order valence-electron chi connectivity index (χ0n) is 15.2. The number of hydrogen-bond acceptors (Lipinski definition) is 5. The number of carbonyl (C=O) groups excluding carboxylic acids is 1. The molecule has 1 unspecified atom stereocenters. The van der Waals surface area contributed by atoms with Crippen LogP contribution in [0.1, 0.15) is 27.2 Å². The van der Waals surface area contributed by atoms with Crippen molar-refractivity contribution in [3.8, 4) is 5.69 Å². The molecular weight excluding hydrogens is 346 g/mol. The molecular formula is C19H23N5OS. The van der Waals surface area contributed by atoms with E-state index in [0.717, 1.165) is 28.2 Å². The van der Waals surface area contributed by atoms with Gasteiger partial charge in [0.15, 0.2) is 5.65 Å². The monoisotopic (exact) mass is 369 g/mol. The molecule has 1 atom stereocenters. The molecule has 0 radical (unpaired) electrons. The van der Waals surface area contributed by atoms with Crippen LogP contribution in [0.5, 0.6) is 0 Å². The van der Waals surface area contributed by atoms with Gasteiger partial charge in [-0.1, -0.05) is 43.8 Å². The lowest BCUT2D eigenvalue weighted by molar-refractivity contribution is -0.120. The Hall–Kier alpha value is -2.41. The zero-order chi connectivity index (χ0) is 18.5. The summed E-state index contributed by atoms with van der Waals surface area (Å²) in [6, 6.07) is 9.84. The number of para-hydroxylation sites is 1. The molecule has 3 rings (SSSR count). The summed E-state index contributed by atoms with van der Waals surface area (Å²) in [7, 11) is 0. The van der Waals surface area contributed by atoms with Gasteiger partial charge in [0.05, 0.1) is 22.5 Å². The van der Waals surface area contributed by atoms with Gasteiger partial charge < -0.3 is 5.32 Å². The van der Waals surface area contributed by atoms with Crippen molar-refractivity contribution in [2.75, 3.05) is 6.54 Å². The highest BCUT2D eigenvalue weighted by Gasteiger charge is 2.18. The molecule has 1 amide bonds. The minimum absolute atomic E-state index is 0.0258. The van der Waals surface area contributed by atoms with Crippen LogP contribution in [-0.4, -0.2) is 37.5 Å². The lowest BCUT2D eigenvalue weighted by Gasteiger charge is -2.12. The van der Waals surface area contributed by atoms with Crippen LogP contribution in [0.4, 0.5) is 0 Å². The number of nitrogens with one attached hydrogen (secondary N) is 1. The Morgan fingerprint density at radius 1 is 1.19 bits per heavy atom. The van der Waals surface area contributed by atoms with E-state index in [2.05, 4.69) is 34.2 Å². The number of carbonyl (C=O) groups is 1. The van der Waals surface area contributed by atoms with E-state index in [1.54, 1.807) is 10.9 Å². The third-order valence-corrected chi connectivity index (χ3v) is 5.12. The van der Waals surface area contributed by atoms with Gasteiger partial charge in [-0.25, -0.2) is 14.6 Å². The van der Waals surface area contributed by atoms with E-state index in [1.807, 2.05) is 37.3 Å². The van der Waals surface area contributed by atoms with Gasteiger partial charge in [-0.05, 0) is 31.4 Å². The van der Waals surface area contributed by atoms with E-state index in [0.29, 0.717) is 12.5 Å². The van der Waals surface area contributed by atoms with Crippen molar-refractivity contribution in [3.63, 3.8) is 0 Å². The van der Waals surface area contributed by atoms with Crippen LogP contribution in [0, 0.1) is 5.92 Å². The first-order valence-corrected chi connectivity index (χ1v) is 9.62. The summed E-state index contributed by atoms with van der Waals surface area (Å²) in [5.74, 6) is 0.599. The molecule has 0 spiro atoms. The van der Waals surface area contributed by atoms with Gasteiger partial charge in [-0.15, -0.1) is 0 Å². The molecule has 7 heteroatoms. The van der Waals surface area contributed by atoms with Crippen LogP contribution >= 0.6 is 11.8 Å². The first-order chi connectivity index (χ1) is 12.6. The first-order valence-electron chi connectivity index (χ1n) is 8.74. The third kappa shape index (κ3) is 4.22. The summed E-state index contributed by atoms with van der Waals surface area (Å²) in [5.41, 5.74) is 1.68. The van der Waals surface area contributed by atoms with Crippen LogP contribution in [-0.2, 0) is 4.79 Å². The Morgan fingerprint density at radius 2 is 1.96 bits per heavy atom. The summed E-state index contributed by atoms with van der Waals surface area (Å²) < 4.78 is 1.79. The fourth-order valence-corrected chi connectivity index (χ4v) is 3.43. The Labute approximate surface area is 157 Å².